The Balaban J connectivity index is 1.46. The lowest BCUT2D eigenvalue weighted by atomic mass is 10.2. The van der Waals surface area contributed by atoms with Crippen LogP contribution in [0, 0.1) is 0 Å². The number of carbonyl (C=O) groups excluding carboxylic acids is 3. The van der Waals surface area contributed by atoms with Gasteiger partial charge in [0.2, 0.25) is 11.8 Å². The maximum absolute atomic E-state index is 12.6. The molecule has 0 bridgehead atoms. The minimum absolute atomic E-state index is 0.109. The molecule has 2 N–H and O–H groups in total. The van der Waals surface area contributed by atoms with E-state index in [1.54, 1.807) is 18.1 Å². The normalized spacial score (nSPS) is 12.9. The van der Waals surface area contributed by atoms with Gasteiger partial charge in [-0.05, 0) is 42.7 Å². The van der Waals surface area contributed by atoms with Crippen LogP contribution in [0.4, 0.5) is 0 Å². The summed E-state index contributed by atoms with van der Waals surface area (Å²) in [6, 6.07) is 10.9. The number of methoxy groups -OCH3 is 1. The fraction of sp³-hybridized carbons (Fsp3) is 0.350. The van der Waals surface area contributed by atoms with Gasteiger partial charge in [-0.1, -0.05) is 12.1 Å². The van der Waals surface area contributed by atoms with Crippen LogP contribution in [0.3, 0.4) is 0 Å². The third-order valence-electron chi connectivity index (χ3n) is 4.41. The second-order valence-corrected chi connectivity index (χ2v) is 6.54. The van der Waals surface area contributed by atoms with E-state index in [0.29, 0.717) is 6.54 Å². The average molecular weight is 385 g/mol. The summed E-state index contributed by atoms with van der Waals surface area (Å²) in [6.45, 7) is 0.148. The first-order valence-corrected chi connectivity index (χ1v) is 9.07. The molecular formula is C20H23N3O5. The van der Waals surface area contributed by atoms with Crippen LogP contribution in [0.1, 0.15) is 29.0 Å². The molecule has 1 aliphatic rings. The lowest BCUT2D eigenvalue weighted by Gasteiger charge is -2.23. The van der Waals surface area contributed by atoms with E-state index in [-0.39, 0.29) is 30.8 Å². The molecule has 1 aromatic heterocycles. The van der Waals surface area contributed by atoms with Gasteiger partial charge in [0.05, 0.1) is 26.5 Å². The summed E-state index contributed by atoms with van der Waals surface area (Å²) >= 11 is 0. The zero-order valence-electron chi connectivity index (χ0n) is 15.6. The van der Waals surface area contributed by atoms with Crippen molar-refractivity contribution in [2.24, 2.45) is 0 Å². The van der Waals surface area contributed by atoms with Gasteiger partial charge in [-0.3, -0.25) is 14.4 Å². The van der Waals surface area contributed by atoms with Gasteiger partial charge in [-0.15, -0.1) is 0 Å². The van der Waals surface area contributed by atoms with Crippen LogP contribution < -0.4 is 15.4 Å². The monoisotopic (exact) mass is 385 g/mol. The number of nitrogens with zero attached hydrogens (tertiary/aromatic N) is 1. The number of amides is 3. The van der Waals surface area contributed by atoms with Crippen LogP contribution in [0.5, 0.6) is 5.75 Å². The van der Waals surface area contributed by atoms with Gasteiger partial charge in [0.15, 0.2) is 5.76 Å². The van der Waals surface area contributed by atoms with Crippen molar-refractivity contribution in [1.82, 2.24) is 15.5 Å². The van der Waals surface area contributed by atoms with Gasteiger partial charge >= 0.3 is 0 Å². The average Bonchev–Trinajstić information content (AvgIpc) is 3.41. The molecule has 28 heavy (non-hydrogen) atoms. The van der Waals surface area contributed by atoms with Crippen molar-refractivity contribution in [3.63, 3.8) is 0 Å². The van der Waals surface area contributed by atoms with E-state index in [1.807, 2.05) is 24.3 Å². The molecule has 0 atom stereocenters. The van der Waals surface area contributed by atoms with Crippen molar-refractivity contribution in [2.75, 3.05) is 20.2 Å². The summed E-state index contributed by atoms with van der Waals surface area (Å²) in [5.74, 6) is -0.178. The number of carbonyl (C=O) groups is 3. The van der Waals surface area contributed by atoms with Crippen molar-refractivity contribution >= 4 is 17.7 Å². The number of hydrogen-bond acceptors (Lipinski definition) is 5. The molecule has 3 amide bonds. The lowest BCUT2D eigenvalue weighted by Crippen LogP contribution is -2.44. The Bertz CT molecular complexity index is 813. The maximum atomic E-state index is 12.6. The van der Waals surface area contributed by atoms with Gasteiger partial charge in [-0.25, -0.2) is 0 Å². The number of hydrogen-bond donors (Lipinski definition) is 2. The highest BCUT2D eigenvalue weighted by atomic mass is 16.5. The minimum Gasteiger partial charge on any atom is -0.497 e. The Morgan fingerprint density at radius 3 is 2.46 bits per heavy atom. The molecule has 2 aromatic rings. The maximum Gasteiger partial charge on any atom is 0.287 e. The molecule has 148 valence electrons. The number of rotatable bonds is 9. The SMILES string of the molecule is COc1ccc(CN(C(=O)CNC(=O)CNC(=O)c2ccco2)C2CC2)cc1. The number of nitrogens with one attached hydrogen (secondary N) is 2. The summed E-state index contributed by atoms with van der Waals surface area (Å²) in [4.78, 5) is 38.0. The van der Waals surface area contributed by atoms with E-state index < -0.39 is 11.8 Å². The molecule has 1 saturated carbocycles. The Morgan fingerprint density at radius 2 is 1.86 bits per heavy atom. The summed E-state index contributed by atoms with van der Waals surface area (Å²) in [5.41, 5.74) is 0.998. The predicted octanol–water partition coefficient (Wildman–Crippen LogP) is 1.33. The Morgan fingerprint density at radius 1 is 1.11 bits per heavy atom. The molecule has 0 saturated heterocycles. The first-order valence-electron chi connectivity index (χ1n) is 9.07. The van der Waals surface area contributed by atoms with Crippen LogP contribution in [0.25, 0.3) is 0 Å². The number of furan rings is 1. The highest BCUT2D eigenvalue weighted by Gasteiger charge is 2.32. The van der Waals surface area contributed by atoms with Crippen molar-refractivity contribution < 1.29 is 23.5 Å². The van der Waals surface area contributed by atoms with E-state index in [9.17, 15) is 14.4 Å². The molecule has 1 aromatic carbocycles. The largest absolute Gasteiger partial charge is 0.497 e. The quantitative estimate of drug-likeness (QED) is 0.678. The molecular weight excluding hydrogens is 362 g/mol. The van der Waals surface area contributed by atoms with Gasteiger partial charge in [-0.2, -0.15) is 0 Å². The van der Waals surface area contributed by atoms with Gasteiger partial charge in [0, 0.05) is 12.6 Å². The molecule has 8 heteroatoms. The minimum atomic E-state index is -0.481. The second-order valence-electron chi connectivity index (χ2n) is 6.54. The van der Waals surface area contributed by atoms with Gasteiger partial charge in [0.1, 0.15) is 5.75 Å². The smallest absolute Gasteiger partial charge is 0.287 e. The van der Waals surface area contributed by atoms with Gasteiger partial charge in [0.25, 0.3) is 5.91 Å². The van der Waals surface area contributed by atoms with Crippen LogP contribution in [0.2, 0.25) is 0 Å². The third-order valence-corrected chi connectivity index (χ3v) is 4.41. The summed E-state index contributed by atoms with van der Waals surface area (Å²) in [6.07, 6.45) is 3.31. The van der Waals surface area contributed by atoms with Crippen LogP contribution in [-0.4, -0.2) is 48.9 Å². The van der Waals surface area contributed by atoms with Crippen molar-refractivity contribution in [3.8, 4) is 5.75 Å². The standard InChI is InChI=1S/C20H23N3O5/c1-27-16-8-4-14(5-9-16)13-23(15-6-7-15)19(25)12-21-18(24)11-22-20(26)17-3-2-10-28-17/h2-5,8-10,15H,6-7,11-13H2,1H3,(H,21,24)(H,22,26). The van der Waals surface area contributed by atoms with Crippen LogP contribution in [0.15, 0.2) is 47.1 Å². The summed E-state index contributed by atoms with van der Waals surface area (Å²) in [7, 11) is 1.61. The first-order chi connectivity index (χ1) is 13.6. The Labute approximate surface area is 162 Å². The van der Waals surface area contributed by atoms with E-state index in [0.717, 1.165) is 24.2 Å². The molecule has 8 nitrogen and oxygen atoms in total. The fourth-order valence-electron chi connectivity index (χ4n) is 2.73. The van der Waals surface area contributed by atoms with Crippen molar-refractivity contribution in [2.45, 2.75) is 25.4 Å². The lowest BCUT2D eigenvalue weighted by molar-refractivity contribution is -0.133. The van der Waals surface area contributed by atoms with Crippen molar-refractivity contribution in [1.29, 1.82) is 0 Å². The third kappa shape index (κ3) is 5.35. The Kier molecular flexibility index (Phi) is 6.31. The highest BCUT2D eigenvalue weighted by molar-refractivity contribution is 5.94. The molecule has 0 aliphatic heterocycles. The molecule has 0 unspecified atom stereocenters. The molecule has 1 fully saturated rings. The van der Waals surface area contributed by atoms with E-state index in [2.05, 4.69) is 10.6 Å². The van der Waals surface area contributed by atoms with Crippen molar-refractivity contribution in [3.05, 3.63) is 54.0 Å². The topological polar surface area (TPSA) is 101 Å². The van der Waals surface area contributed by atoms with Gasteiger partial charge < -0.3 is 24.7 Å². The van der Waals surface area contributed by atoms with E-state index in [1.165, 1.54) is 12.3 Å². The van der Waals surface area contributed by atoms with E-state index >= 15 is 0 Å². The van der Waals surface area contributed by atoms with E-state index in [4.69, 9.17) is 9.15 Å². The molecule has 1 heterocycles. The summed E-state index contributed by atoms with van der Waals surface area (Å²) < 4.78 is 10.1. The first kappa shape index (κ1) is 19.5. The Hall–Kier alpha value is -3.29. The van der Waals surface area contributed by atoms with Crippen LogP contribution in [-0.2, 0) is 16.1 Å². The fourth-order valence-corrected chi connectivity index (χ4v) is 2.73. The molecule has 1 aliphatic carbocycles. The zero-order valence-corrected chi connectivity index (χ0v) is 15.6. The van der Waals surface area contributed by atoms with Crippen LogP contribution >= 0.6 is 0 Å². The summed E-state index contributed by atoms with van der Waals surface area (Å²) in [5, 5.41) is 5.00. The molecule has 0 radical (unpaired) electrons. The zero-order chi connectivity index (χ0) is 19.9. The predicted molar refractivity (Wildman–Crippen MR) is 101 cm³/mol. The molecule has 0 spiro atoms. The number of benzene rings is 1. The number of ether oxygens (including phenoxy) is 1. The molecule has 3 rings (SSSR count). The second kappa shape index (κ2) is 9.07. The highest BCUT2D eigenvalue weighted by Crippen LogP contribution is 2.28.